The SMILES string of the molecule is CCCCc1nnc(SCCOc2cccc(C(=O)O)c2)n1C. The summed E-state index contributed by atoms with van der Waals surface area (Å²) in [6.07, 6.45) is 3.19. The van der Waals surface area contributed by atoms with Crippen molar-refractivity contribution < 1.29 is 14.6 Å². The third kappa shape index (κ3) is 4.99. The molecule has 0 spiro atoms. The lowest BCUT2D eigenvalue weighted by Crippen LogP contribution is -2.04. The van der Waals surface area contributed by atoms with E-state index in [1.165, 1.54) is 6.07 Å². The summed E-state index contributed by atoms with van der Waals surface area (Å²) in [7, 11) is 1.98. The molecule has 1 aromatic heterocycles. The van der Waals surface area contributed by atoms with Crippen LogP contribution in [0.5, 0.6) is 5.75 Å². The summed E-state index contributed by atoms with van der Waals surface area (Å²) in [4.78, 5) is 10.9. The maximum absolute atomic E-state index is 10.9. The number of nitrogens with zero attached hydrogens (tertiary/aromatic N) is 3. The van der Waals surface area contributed by atoms with Gasteiger partial charge in [0.2, 0.25) is 0 Å². The maximum Gasteiger partial charge on any atom is 0.335 e. The molecule has 0 amide bonds. The first-order chi connectivity index (χ1) is 11.1. The number of carbonyl (C=O) groups is 1. The molecule has 2 rings (SSSR count). The standard InChI is InChI=1S/C16H21N3O3S/c1-3-4-8-14-17-18-16(19(14)2)23-10-9-22-13-7-5-6-12(11-13)15(20)21/h5-7,11H,3-4,8-10H2,1-2H3,(H,20,21). The lowest BCUT2D eigenvalue weighted by atomic mass is 10.2. The van der Waals surface area contributed by atoms with Gasteiger partial charge in [-0.05, 0) is 24.6 Å². The lowest BCUT2D eigenvalue weighted by Gasteiger charge is -2.07. The van der Waals surface area contributed by atoms with E-state index in [4.69, 9.17) is 9.84 Å². The van der Waals surface area contributed by atoms with E-state index < -0.39 is 5.97 Å². The van der Waals surface area contributed by atoms with Crippen molar-refractivity contribution in [2.24, 2.45) is 7.05 Å². The quantitative estimate of drug-likeness (QED) is 0.561. The van der Waals surface area contributed by atoms with Crippen LogP contribution in [0.4, 0.5) is 0 Å². The number of carboxylic acids is 1. The number of benzene rings is 1. The summed E-state index contributed by atoms with van der Waals surface area (Å²) >= 11 is 1.58. The Labute approximate surface area is 139 Å². The summed E-state index contributed by atoms with van der Waals surface area (Å²) in [6, 6.07) is 6.50. The second-order valence-corrected chi connectivity index (χ2v) is 6.15. The second kappa shape index (κ2) is 8.57. The van der Waals surface area contributed by atoms with Crippen molar-refractivity contribution in [3.05, 3.63) is 35.7 Å². The molecule has 1 N–H and O–H groups in total. The molecule has 0 fully saturated rings. The smallest absolute Gasteiger partial charge is 0.335 e. The van der Waals surface area contributed by atoms with Crippen LogP contribution in [0.1, 0.15) is 35.9 Å². The Hall–Kier alpha value is -2.02. The average molecular weight is 335 g/mol. The van der Waals surface area contributed by atoms with Crippen LogP contribution < -0.4 is 4.74 Å². The van der Waals surface area contributed by atoms with Gasteiger partial charge in [0.1, 0.15) is 11.6 Å². The molecule has 0 atom stereocenters. The van der Waals surface area contributed by atoms with Crippen LogP contribution in [0.25, 0.3) is 0 Å². The molecule has 0 saturated heterocycles. The highest BCUT2D eigenvalue weighted by molar-refractivity contribution is 7.99. The fourth-order valence-corrected chi connectivity index (χ4v) is 2.78. The third-order valence-electron chi connectivity index (χ3n) is 3.34. The van der Waals surface area contributed by atoms with Crippen molar-refractivity contribution in [2.45, 2.75) is 31.3 Å². The molecule has 1 heterocycles. The highest BCUT2D eigenvalue weighted by Gasteiger charge is 2.09. The molecule has 124 valence electrons. The molecule has 0 unspecified atom stereocenters. The predicted octanol–water partition coefficient (Wildman–Crippen LogP) is 3.03. The first kappa shape index (κ1) is 17.3. The summed E-state index contributed by atoms with van der Waals surface area (Å²) in [5.74, 6) is 1.33. The number of aromatic nitrogens is 3. The number of ether oxygens (including phenoxy) is 1. The largest absolute Gasteiger partial charge is 0.493 e. The molecular weight excluding hydrogens is 314 g/mol. The second-order valence-electron chi connectivity index (χ2n) is 5.09. The Morgan fingerprint density at radius 3 is 2.96 bits per heavy atom. The number of unbranched alkanes of at least 4 members (excludes halogenated alkanes) is 1. The van der Waals surface area contributed by atoms with Crippen LogP contribution in [0, 0.1) is 0 Å². The Balaban J connectivity index is 1.80. The molecule has 0 bridgehead atoms. The molecule has 6 nitrogen and oxygen atoms in total. The van der Waals surface area contributed by atoms with E-state index in [9.17, 15) is 4.79 Å². The molecule has 0 aliphatic carbocycles. The Morgan fingerprint density at radius 2 is 2.22 bits per heavy atom. The van der Waals surface area contributed by atoms with Gasteiger partial charge in [0.05, 0.1) is 12.2 Å². The van der Waals surface area contributed by atoms with Gasteiger partial charge in [0, 0.05) is 19.2 Å². The molecule has 1 aromatic carbocycles. The molecule has 0 saturated carbocycles. The van der Waals surface area contributed by atoms with Crippen LogP contribution in [0.15, 0.2) is 29.4 Å². The minimum atomic E-state index is -0.955. The molecule has 7 heteroatoms. The van der Waals surface area contributed by atoms with E-state index in [-0.39, 0.29) is 5.56 Å². The zero-order chi connectivity index (χ0) is 16.7. The fourth-order valence-electron chi connectivity index (χ4n) is 2.03. The van der Waals surface area contributed by atoms with Crippen molar-refractivity contribution in [3.63, 3.8) is 0 Å². The Morgan fingerprint density at radius 1 is 1.39 bits per heavy atom. The van der Waals surface area contributed by atoms with E-state index in [1.54, 1.807) is 30.0 Å². The van der Waals surface area contributed by atoms with Gasteiger partial charge < -0.3 is 14.4 Å². The van der Waals surface area contributed by atoms with Gasteiger partial charge in [-0.25, -0.2) is 4.79 Å². The molecule has 2 aromatic rings. The number of carboxylic acid groups (broad SMARTS) is 1. The van der Waals surface area contributed by atoms with Gasteiger partial charge in [-0.1, -0.05) is 31.2 Å². The van der Waals surface area contributed by atoms with Crippen molar-refractivity contribution in [2.75, 3.05) is 12.4 Å². The minimum absolute atomic E-state index is 0.226. The van der Waals surface area contributed by atoms with Crippen molar-refractivity contribution in [1.29, 1.82) is 0 Å². The van der Waals surface area contributed by atoms with E-state index in [2.05, 4.69) is 17.1 Å². The number of aromatic carboxylic acids is 1. The molecule has 0 aliphatic heterocycles. The number of hydrogen-bond donors (Lipinski definition) is 1. The van der Waals surface area contributed by atoms with E-state index in [0.29, 0.717) is 12.4 Å². The van der Waals surface area contributed by atoms with Gasteiger partial charge in [-0.3, -0.25) is 0 Å². The zero-order valence-corrected chi connectivity index (χ0v) is 14.2. The number of rotatable bonds is 9. The topological polar surface area (TPSA) is 77.2 Å². The van der Waals surface area contributed by atoms with E-state index >= 15 is 0 Å². The number of thioether (sulfide) groups is 1. The maximum atomic E-state index is 10.9. The highest BCUT2D eigenvalue weighted by Crippen LogP contribution is 2.18. The van der Waals surface area contributed by atoms with Crippen molar-refractivity contribution in [3.8, 4) is 5.75 Å². The van der Waals surface area contributed by atoms with Gasteiger partial charge in [-0.2, -0.15) is 0 Å². The van der Waals surface area contributed by atoms with Gasteiger partial charge in [0.25, 0.3) is 0 Å². The lowest BCUT2D eigenvalue weighted by molar-refractivity contribution is 0.0696. The first-order valence-corrected chi connectivity index (χ1v) is 8.57. The Kier molecular flexibility index (Phi) is 6.46. The van der Waals surface area contributed by atoms with Crippen LogP contribution in [-0.4, -0.2) is 38.2 Å². The summed E-state index contributed by atoms with van der Waals surface area (Å²) in [5, 5.41) is 18.2. The van der Waals surface area contributed by atoms with Crippen molar-refractivity contribution >= 4 is 17.7 Å². The average Bonchev–Trinajstić information content (AvgIpc) is 2.90. The monoisotopic (exact) mass is 335 g/mol. The number of hydrogen-bond acceptors (Lipinski definition) is 5. The normalized spacial score (nSPS) is 10.7. The minimum Gasteiger partial charge on any atom is -0.493 e. The number of aryl methyl sites for hydroxylation is 1. The highest BCUT2D eigenvalue weighted by atomic mass is 32.2. The van der Waals surface area contributed by atoms with Crippen LogP contribution >= 0.6 is 11.8 Å². The predicted molar refractivity (Wildman–Crippen MR) is 89.2 cm³/mol. The summed E-state index contributed by atoms with van der Waals surface area (Å²) in [6.45, 7) is 2.63. The van der Waals surface area contributed by atoms with Crippen LogP contribution in [0.3, 0.4) is 0 Å². The first-order valence-electron chi connectivity index (χ1n) is 7.59. The Bertz CT molecular complexity index is 658. The van der Waals surface area contributed by atoms with Gasteiger partial charge >= 0.3 is 5.97 Å². The van der Waals surface area contributed by atoms with Crippen LogP contribution in [-0.2, 0) is 13.5 Å². The van der Waals surface area contributed by atoms with Gasteiger partial charge in [-0.15, -0.1) is 10.2 Å². The van der Waals surface area contributed by atoms with E-state index in [0.717, 1.165) is 36.0 Å². The summed E-state index contributed by atoms with van der Waals surface area (Å²) < 4.78 is 7.61. The van der Waals surface area contributed by atoms with Crippen LogP contribution in [0.2, 0.25) is 0 Å². The van der Waals surface area contributed by atoms with Crippen molar-refractivity contribution in [1.82, 2.24) is 14.8 Å². The zero-order valence-electron chi connectivity index (χ0n) is 13.4. The molecule has 0 radical (unpaired) electrons. The third-order valence-corrected chi connectivity index (χ3v) is 4.33. The summed E-state index contributed by atoms with van der Waals surface area (Å²) in [5.41, 5.74) is 0.226. The van der Waals surface area contributed by atoms with Gasteiger partial charge in [0.15, 0.2) is 5.16 Å². The fraction of sp³-hybridized carbons (Fsp3) is 0.438. The molecule has 0 aliphatic rings. The molecule has 23 heavy (non-hydrogen) atoms. The van der Waals surface area contributed by atoms with E-state index in [1.807, 2.05) is 11.6 Å². The molecular formula is C16H21N3O3S.